The van der Waals surface area contributed by atoms with Crippen LogP contribution in [-0.2, 0) is 0 Å². The van der Waals surface area contributed by atoms with E-state index in [1.54, 1.807) is 12.3 Å². The maximum Gasteiger partial charge on any atom is 0.165 e. The largest absolute Gasteiger partial charge is 0.260 e. The van der Waals surface area contributed by atoms with Crippen molar-refractivity contribution in [2.24, 2.45) is 5.10 Å². The first-order valence-corrected chi connectivity index (χ1v) is 6.56. The second-order valence-electron chi connectivity index (χ2n) is 3.41. The highest BCUT2D eigenvalue weighted by atomic mass is 79.9. The fourth-order valence-corrected chi connectivity index (χ4v) is 1.90. The number of pyridine rings is 1. The van der Waals surface area contributed by atoms with Crippen LogP contribution in [-0.4, -0.2) is 11.2 Å². The number of rotatable bonds is 3. The molecule has 1 N–H and O–H groups in total. The smallest absolute Gasteiger partial charge is 0.165 e. The first kappa shape index (κ1) is 13.3. The van der Waals surface area contributed by atoms with Crippen LogP contribution in [0.4, 0.5) is 5.82 Å². The van der Waals surface area contributed by atoms with Gasteiger partial charge < -0.3 is 0 Å². The average molecular weight is 345 g/mol. The fourth-order valence-electron chi connectivity index (χ4n) is 1.21. The van der Waals surface area contributed by atoms with E-state index in [4.69, 9.17) is 23.2 Å². The van der Waals surface area contributed by atoms with Crippen LogP contribution in [0.2, 0.25) is 10.0 Å². The van der Waals surface area contributed by atoms with E-state index in [1.165, 1.54) is 6.20 Å². The predicted molar refractivity (Wildman–Crippen MR) is 79.6 cm³/mol. The summed E-state index contributed by atoms with van der Waals surface area (Å²) in [5, 5.41) is 4.97. The third-order valence-electron chi connectivity index (χ3n) is 2.06. The maximum absolute atomic E-state index is 5.94. The van der Waals surface area contributed by atoms with Crippen molar-refractivity contribution in [3.8, 4) is 0 Å². The highest BCUT2D eigenvalue weighted by molar-refractivity contribution is 9.10. The summed E-state index contributed by atoms with van der Waals surface area (Å²) in [5.41, 5.74) is 3.73. The Morgan fingerprint density at radius 1 is 1.22 bits per heavy atom. The number of anilines is 1. The van der Waals surface area contributed by atoms with Crippen LogP contribution in [0, 0.1) is 0 Å². The van der Waals surface area contributed by atoms with Gasteiger partial charge in [0.05, 0.1) is 16.3 Å². The molecule has 0 unspecified atom stereocenters. The molecule has 0 bridgehead atoms. The molecule has 2 rings (SSSR count). The molecule has 92 valence electrons. The summed E-state index contributed by atoms with van der Waals surface area (Å²) >= 11 is 15.1. The first-order valence-electron chi connectivity index (χ1n) is 5.01. The number of nitrogens with zero attached hydrogens (tertiary/aromatic N) is 2. The van der Waals surface area contributed by atoms with E-state index in [2.05, 4.69) is 31.4 Å². The van der Waals surface area contributed by atoms with Gasteiger partial charge in [0.2, 0.25) is 0 Å². The van der Waals surface area contributed by atoms with E-state index in [0.717, 1.165) is 10.0 Å². The monoisotopic (exact) mass is 343 g/mol. The molecule has 1 heterocycles. The lowest BCUT2D eigenvalue weighted by Crippen LogP contribution is -1.94. The van der Waals surface area contributed by atoms with Crippen molar-refractivity contribution in [3.05, 3.63) is 56.6 Å². The van der Waals surface area contributed by atoms with Crippen LogP contribution in [0.1, 0.15) is 5.56 Å². The van der Waals surface area contributed by atoms with Crippen molar-refractivity contribution in [2.75, 3.05) is 5.43 Å². The first-order chi connectivity index (χ1) is 8.65. The summed E-state index contributed by atoms with van der Waals surface area (Å²) in [6.07, 6.45) is 3.18. The Balaban J connectivity index is 2.05. The van der Waals surface area contributed by atoms with E-state index in [9.17, 15) is 0 Å². The zero-order valence-corrected chi connectivity index (χ0v) is 12.2. The number of halogens is 3. The highest BCUT2D eigenvalue weighted by Crippen LogP contribution is 2.22. The van der Waals surface area contributed by atoms with E-state index in [0.29, 0.717) is 15.9 Å². The Hall–Kier alpha value is -1.10. The Morgan fingerprint density at radius 2 is 1.94 bits per heavy atom. The number of benzene rings is 1. The van der Waals surface area contributed by atoms with Crippen molar-refractivity contribution in [1.82, 2.24) is 4.98 Å². The summed E-state index contributed by atoms with van der Waals surface area (Å²) in [7, 11) is 0. The minimum Gasteiger partial charge on any atom is -0.260 e. The number of aromatic nitrogens is 1. The SMILES string of the molecule is Clc1cnc(NN=Cc2ccc(Br)cc2)c(Cl)c1. The average Bonchev–Trinajstić information content (AvgIpc) is 2.34. The summed E-state index contributed by atoms with van der Waals surface area (Å²) in [4.78, 5) is 4.03. The molecule has 0 aliphatic carbocycles. The van der Waals surface area contributed by atoms with Crippen molar-refractivity contribution >= 4 is 51.2 Å². The van der Waals surface area contributed by atoms with Gasteiger partial charge in [0.15, 0.2) is 5.82 Å². The number of hydrogen-bond acceptors (Lipinski definition) is 3. The van der Waals surface area contributed by atoms with Crippen molar-refractivity contribution in [1.29, 1.82) is 0 Å². The van der Waals surface area contributed by atoms with Gasteiger partial charge in [-0.2, -0.15) is 5.10 Å². The van der Waals surface area contributed by atoms with Crippen molar-refractivity contribution < 1.29 is 0 Å². The number of hydrogen-bond donors (Lipinski definition) is 1. The molecular weight excluding hydrogens is 337 g/mol. The topological polar surface area (TPSA) is 37.3 Å². The molecule has 18 heavy (non-hydrogen) atoms. The quantitative estimate of drug-likeness (QED) is 0.652. The lowest BCUT2D eigenvalue weighted by Gasteiger charge is -2.01. The van der Waals surface area contributed by atoms with Gasteiger partial charge in [-0.3, -0.25) is 5.43 Å². The van der Waals surface area contributed by atoms with Gasteiger partial charge in [0, 0.05) is 10.7 Å². The summed E-state index contributed by atoms with van der Waals surface area (Å²) in [6, 6.07) is 9.36. The molecule has 0 radical (unpaired) electrons. The summed E-state index contributed by atoms with van der Waals surface area (Å²) in [6.45, 7) is 0. The third-order valence-corrected chi connectivity index (χ3v) is 3.09. The van der Waals surface area contributed by atoms with E-state index < -0.39 is 0 Å². The van der Waals surface area contributed by atoms with E-state index in [1.807, 2.05) is 24.3 Å². The predicted octanol–water partition coefficient (Wildman–Crippen LogP) is 4.60. The van der Waals surface area contributed by atoms with Gasteiger partial charge in [-0.1, -0.05) is 51.3 Å². The standard InChI is InChI=1S/C12H8BrCl2N3/c13-9-3-1-8(2-4-9)6-17-18-12-11(15)5-10(14)7-16-12/h1-7H,(H,16,18). The minimum absolute atomic E-state index is 0.426. The molecule has 0 spiro atoms. The molecule has 0 atom stereocenters. The lowest BCUT2D eigenvalue weighted by atomic mass is 10.2. The van der Waals surface area contributed by atoms with Crippen LogP contribution in [0.25, 0.3) is 0 Å². The molecule has 0 amide bonds. The van der Waals surface area contributed by atoms with Crippen LogP contribution in [0.3, 0.4) is 0 Å². The van der Waals surface area contributed by atoms with Crippen LogP contribution in [0.15, 0.2) is 46.1 Å². The van der Waals surface area contributed by atoms with Gasteiger partial charge in [-0.25, -0.2) is 4.98 Å². The Labute approximate surface area is 123 Å². The normalized spacial score (nSPS) is 10.8. The van der Waals surface area contributed by atoms with E-state index in [-0.39, 0.29) is 0 Å². The summed E-state index contributed by atoms with van der Waals surface area (Å²) in [5.74, 6) is 0.467. The molecule has 1 aromatic carbocycles. The van der Waals surface area contributed by atoms with Gasteiger partial charge in [-0.05, 0) is 23.8 Å². The molecule has 0 saturated carbocycles. The number of hydrazone groups is 1. The molecule has 0 saturated heterocycles. The van der Waals surface area contributed by atoms with Crippen LogP contribution in [0.5, 0.6) is 0 Å². The summed E-state index contributed by atoms with van der Waals surface area (Å²) < 4.78 is 1.02. The Kier molecular flexibility index (Phi) is 4.58. The second-order valence-corrected chi connectivity index (χ2v) is 5.16. The fraction of sp³-hybridized carbons (Fsp3) is 0. The molecular formula is C12H8BrCl2N3. The molecule has 2 aromatic rings. The van der Waals surface area contributed by atoms with Gasteiger partial charge >= 0.3 is 0 Å². The van der Waals surface area contributed by atoms with Crippen molar-refractivity contribution in [3.63, 3.8) is 0 Å². The lowest BCUT2D eigenvalue weighted by molar-refractivity contribution is 1.23. The van der Waals surface area contributed by atoms with E-state index >= 15 is 0 Å². The van der Waals surface area contributed by atoms with Gasteiger partial charge in [0.1, 0.15) is 0 Å². The maximum atomic E-state index is 5.94. The minimum atomic E-state index is 0.426. The molecule has 1 aromatic heterocycles. The van der Waals surface area contributed by atoms with Gasteiger partial charge in [-0.15, -0.1) is 0 Å². The van der Waals surface area contributed by atoms with Crippen LogP contribution < -0.4 is 5.43 Å². The zero-order valence-electron chi connectivity index (χ0n) is 9.07. The van der Waals surface area contributed by atoms with Crippen LogP contribution >= 0.6 is 39.1 Å². The molecule has 0 aliphatic heterocycles. The Morgan fingerprint density at radius 3 is 2.61 bits per heavy atom. The molecule has 0 fully saturated rings. The molecule has 6 heteroatoms. The molecule has 3 nitrogen and oxygen atoms in total. The van der Waals surface area contributed by atoms with Gasteiger partial charge in [0.25, 0.3) is 0 Å². The Bertz CT molecular complexity index is 570. The highest BCUT2D eigenvalue weighted by Gasteiger charge is 2.00. The third kappa shape index (κ3) is 3.70. The number of nitrogens with one attached hydrogen (secondary N) is 1. The van der Waals surface area contributed by atoms with Crippen molar-refractivity contribution in [2.45, 2.75) is 0 Å². The second kappa shape index (κ2) is 6.18. The molecule has 0 aliphatic rings. The zero-order chi connectivity index (χ0) is 13.0.